The zero-order valence-electron chi connectivity index (χ0n) is 33.4. The third kappa shape index (κ3) is 9.33. The van der Waals surface area contributed by atoms with Crippen molar-refractivity contribution in [2.45, 2.75) is 96.2 Å². The molecule has 0 radical (unpaired) electrons. The summed E-state index contributed by atoms with van der Waals surface area (Å²) in [6, 6.07) is 22.0. The average Bonchev–Trinajstić information content (AvgIpc) is 3.97. The number of nitrogens with zero attached hydrogens (tertiary/aromatic N) is 7. The number of rotatable bonds is 10. The number of amides is 2. The minimum Gasteiger partial charge on any atom is -0.492 e. The highest BCUT2D eigenvalue weighted by molar-refractivity contribution is 5.89. The Hall–Kier alpha value is -5.63. The first-order valence-corrected chi connectivity index (χ1v) is 20.2. The van der Waals surface area contributed by atoms with Crippen molar-refractivity contribution in [3.05, 3.63) is 89.7 Å². The normalized spacial score (nSPS) is 19.6. The van der Waals surface area contributed by atoms with E-state index in [9.17, 15) is 4.79 Å². The summed E-state index contributed by atoms with van der Waals surface area (Å²) in [5.74, 6) is 3.01. The van der Waals surface area contributed by atoms with E-state index in [0.717, 1.165) is 97.5 Å². The van der Waals surface area contributed by atoms with Gasteiger partial charge in [0.15, 0.2) is 5.65 Å². The number of urea groups is 1. The number of hydrogen-bond donors (Lipinski definition) is 3. The molecule has 2 amide bonds. The maximum Gasteiger partial charge on any atom is 0.320 e. The van der Waals surface area contributed by atoms with Crippen LogP contribution in [0, 0.1) is 0 Å². The average molecular weight is 778 g/mol. The highest BCUT2D eigenvalue weighted by Crippen LogP contribution is 2.39. The smallest absolute Gasteiger partial charge is 0.320 e. The fraction of sp³-hybridized carbons (Fsp3) is 0.465. The summed E-state index contributed by atoms with van der Waals surface area (Å²) >= 11 is 0. The number of anilines is 2. The summed E-state index contributed by atoms with van der Waals surface area (Å²) in [4.78, 5) is 26.9. The van der Waals surface area contributed by atoms with Gasteiger partial charge in [-0.05, 0) is 100 Å². The molecule has 0 bridgehead atoms. The number of carboxylic acid groups (broad SMARTS) is 1. The van der Waals surface area contributed by atoms with Crippen molar-refractivity contribution in [3.8, 4) is 17.2 Å². The van der Waals surface area contributed by atoms with Gasteiger partial charge in [-0.3, -0.25) is 19.4 Å². The molecule has 2 fully saturated rings. The molecule has 14 heteroatoms. The molecule has 57 heavy (non-hydrogen) atoms. The molecule has 3 N–H and O–H groups in total. The first-order chi connectivity index (χ1) is 27.6. The summed E-state index contributed by atoms with van der Waals surface area (Å²) in [5, 5.41) is 27.2. The lowest BCUT2D eigenvalue weighted by Gasteiger charge is -2.33. The second-order valence-electron chi connectivity index (χ2n) is 16.2. The molecule has 3 aromatic heterocycles. The molecular formula is C43H55N9O5. The van der Waals surface area contributed by atoms with Gasteiger partial charge in [-0.1, -0.05) is 51.1 Å². The number of nitrogens with one attached hydrogen (secondary N) is 2. The molecular weight excluding hydrogens is 723 g/mol. The summed E-state index contributed by atoms with van der Waals surface area (Å²) in [5.41, 5.74) is 4.42. The van der Waals surface area contributed by atoms with Gasteiger partial charge in [0.1, 0.15) is 30.0 Å². The zero-order chi connectivity index (χ0) is 39.9. The molecule has 5 aromatic rings. The van der Waals surface area contributed by atoms with E-state index in [1.807, 2.05) is 60.8 Å². The van der Waals surface area contributed by atoms with Crippen molar-refractivity contribution >= 4 is 29.9 Å². The Kier molecular flexibility index (Phi) is 12.3. The van der Waals surface area contributed by atoms with Crippen molar-refractivity contribution < 1.29 is 24.2 Å². The second kappa shape index (κ2) is 17.7. The molecule has 0 saturated carbocycles. The van der Waals surface area contributed by atoms with Crippen LogP contribution in [0.25, 0.3) is 11.3 Å². The molecule has 2 saturated heterocycles. The van der Waals surface area contributed by atoms with Crippen molar-refractivity contribution in [2.75, 3.05) is 43.0 Å². The molecule has 1 aliphatic carbocycles. The monoisotopic (exact) mass is 777 g/mol. The highest BCUT2D eigenvalue weighted by Gasteiger charge is 2.31. The van der Waals surface area contributed by atoms with E-state index < -0.39 is 0 Å². The maximum absolute atomic E-state index is 13.8. The van der Waals surface area contributed by atoms with Gasteiger partial charge in [0, 0.05) is 36.7 Å². The summed E-state index contributed by atoms with van der Waals surface area (Å²) in [6.07, 6.45) is 9.41. The molecule has 5 heterocycles. The first kappa shape index (κ1) is 39.6. The van der Waals surface area contributed by atoms with Crippen LogP contribution in [-0.2, 0) is 10.2 Å². The van der Waals surface area contributed by atoms with Crippen LogP contribution in [-0.4, -0.2) is 85.7 Å². The van der Waals surface area contributed by atoms with Gasteiger partial charge in [-0.2, -0.15) is 5.10 Å². The number of aromatic nitrogens is 5. The standard InChI is InChI=1S/C42H53N9O3.CH2O2/c1-29-12-7-8-23-49(29)41-46-45-38-20-17-32(28-50(38)41)54-36-19-18-35(33-15-5-6-16-34(33)36)43-40(52)44-39-27-37(42(2,3)4)47-51(39)30-13-11-14-31(26-30)53-25-24-48-21-9-10-22-48;2-1-3/h5-6,11,13-17,20,26-29,35-36H,7-10,12,18-19,21-25H2,1-4H3,(H2,43,44,52);1H,(H,2,3)/t29?,35-,36+;/m0./s1. The van der Waals surface area contributed by atoms with Crippen molar-refractivity contribution in [2.24, 2.45) is 0 Å². The van der Waals surface area contributed by atoms with Gasteiger partial charge in [-0.25, -0.2) is 9.48 Å². The van der Waals surface area contributed by atoms with E-state index in [1.165, 1.54) is 19.3 Å². The van der Waals surface area contributed by atoms with Crippen LogP contribution in [0.1, 0.15) is 102 Å². The van der Waals surface area contributed by atoms with E-state index >= 15 is 0 Å². The van der Waals surface area contributed by atoms with Crippen molar-refractivity contribution in [1.82, 2.24) is 34.6 Å². The lowest BCUT2D eigenvalue weighted by molar-refractivity contribution is -0.122. The largest absolute Gasteiger partial charge is 0.492 e. The summed E-state index contributed by atoms with van der Waals surface area (Å²) < 4.78 is 16.7. The Morgan fingerprint density at radius 1 is 0.912 bits per heavy atom. The van der Waals surface area contributed by atoms with Crippen LogP contribution in [0.15, 0.2) is 72.9 Å². The van der Waals surface area contributed by atoms with Crippen LogP contribution in [0.4, 0.5) is 16.6 Å². The number of carbonyl (C=O) groups excluding carboxylic acids is 1. The first-order valence-electron chi connectivity index (χ1n) is 20.2. The fourth-order valence-electron chi connectivity index (χ4n) is 8.06. The quantitative estimate of drug-likeness (QED) is 0.121. The SMILES string of the molecule is CC1CCCCN1c1nnc2ccc(O[C@@H]3CC[C@H](NC(=O)Nc4cc(C(C)(C)C)nn4-c4cccc(OCCN5CCCC5)c4)c4ccccc43)cn12.O=CO. The second-order valence-corrected chi connectivity index (χ2v) is 16.2. The minimum absolute atomic E-state index is 0.158. The van der Waals surface area contributed by atoms with E-state index in [-0.39, 0.29) is 30.1 Å². The van der Waals surface area contributed by atoms with Crippen LogP contribution in [0.2, 0.25) is 0 Å². The van der Waals surface area contributed by atoms with Crippen molar-refractivity contribution in [1.29, 1.82) is 0 Å². The Morgan fingerprint density at radius 3 is 2.46 bits per heavy atom. The number of hydrogen-bond acceptors (Lipinski definition) is 9. The van der Waals surface area contributed by atoms with E-state index in [0.29, 0.717) is 18.5 Å². The Labute approximate surface area is 334 Å². The predicted molar refractivity (Wildman–Crippen MR) is 220 cm³/mol. The molecule has 14 nitrogen and oxygen atoms in total. The third-order valence-corrected chi connectivity index (χ3v) is 11.1. The predicted octanol–water partition coefficient (Wildman–Crippen LogP) is 7.54. The van der Waals surface area contributed by atoms with Crippen LogP contribution in [0.3, 0.4) is 0 Å². The Morgan fingerprint density at radius 2 is 1.68 bits per heavy atom. The molecule has 1 unspecified atom stereocenters. The molecule has 8 rings (SSSR count). The van der Waals surface area contributed by atoms with Crippen LogP contribution in [0.5, 0.6) is 11.5 Å². The fourth-order valence-corrected chi connectivity index (χ4v) is 8.06. The summed E-state index contributed by atoms with van der Waals surface area (Å²) in [7, 11) is 0. The lowest BCUT2D eigenvalue weighted by atomic mass is 9.85. The maximum atomic E-state index is 13.8. The molecule has 2 aliphatic heterocycles. The van der Waals surface area contributed by atoms with Gasteiger partial charge in [0.05, 0.1) is 23.6 Å². The Bertz CT molecular complexity index is 2140. The van der Waals surface area contributed by atoms with Gasteiger partial charge >= 0.3 is 6.03 Å². The highest BCUT2D eigenvalue weighted by atomic mass is 16.5. The number of pyridine rings is 1. The van der Waals surface area contributed by atoms with E-state index in [2.05, 4.69) is 74.9 Å². The summed E-state index contributed by atoms with van der Waals surface area (Å²) in [6.45, 7) is 13.2. The molecule has 0 spiro atoms. The molecule has 2 aromatic carbocycles. The number of likely N-dealkylation sites (tertiary alicyclic amines) is 1. The van der Waals surface area contributed by atoms with Crippen LogP contribution >= 0.6 is 0 Å². The number of fused-ring (bicyclic) bond motifs is 2. The molecule has 302 valence electrons. The van der Waals surface area contributed by atoms with Gasteiger partial charge in [0.2, 0.25) is 5.95 Å². The number of piperidine rings is 1. The number of benzene rings is 2. The van der Waals surface area contributed by atoms with E-state index in [4.69, 9.17) is 24.5 Å². The van der Waals surface area contributed by atoms with Crippen LogP contribution < -0.4 is 25.0 Å². The topological polar surface area (TPSA) is 151 Å². The van der Waals surface area contributed by atoms with Gasteiger partial charge in [-0.15, -0.1) is 10.2 Å². The van der Waals surface area contributed by atoms with Gasteiger partial charge < -0.3 is 24.8 Å². The third-order valence-electron chi connectivity index (χ3n) is 11.1. The Balaban J connectivity index is 0.00000160. The number of carbonyl (C=O) groups is 2. The van der Waals surface area contributed by atoms with Crippen molar-refractivity contribution in [3.63, 3.8) is 0 Å². The molecule has 3 aliphatic rings. The molecule has 3 atom stereocenters. The lowest BCUT2D eigenvalue weighted by Crippen LogP contribution is -2.38. The minimum atomic E-state index is -0.286. The van der Waals surface area contributed by atoms with E-state index in [1.54, 1.807) is 4.68 Å². The number of ether oxygens (including phenoxy) is 2. The zero-order valence-corrected chi connectivity index (χ0v) is 33.4. The van der Waals surface area contributed by atoms with Gasteiger partial charge in [0.25, 0.3) is 6.47 Å².